The van der Waals surface area contributed by atoms with Crippen molar-refractivity contribution in [3.05, 3.63) is 30.3 Å². The predicted octanol–water partition coefficient (Wildman–Crippen LogP) is -1.29. The smallest absolute Gasteiger partial charge is 0.291 e. The average molecular weight is 279 g/mol. The summed E-state index contributed by atoms with van der Waals surface area (Å²) in [6.07, 6.45) is 1.44. The lowest BCUT2D eigenvalue weighted by molar-refractivity contribution is -0.742. The Morgan fingerprint density at radius 3 is 0.833 bits per heavy atom. The van der Waals surface area contributed by atoms with Gasteiger partial charge in [-0.3, -0.25) is 0 Å². The van der Waals surface area contributed by atoms with E-state index >= 15 is 0 Å². The molecule has 0 bridgehead atoms. The van der Waals surface area contributed by atoms with Crippen molar-refractivity contribution in [2.75, 3.05) is 13.2 Å². The molecule has 0 unspecified atom stereocenters. The molecule has 0 saturated heterocycles. The minimum absolute atomic E-state index is 0.195. The molecule has 0 spiro atoms. The molecule has 0 aliphatic heterocycles. The maximum atomic E-state index is 8.36. The molecule has 0 heterocycles. The third-order valence-corrected chi connectivity index (χ3v) is 0.566. The summed E-state index contributed by atoms with van der Waals surface area (Å²) in [4.78, 5) is 25.1. The SMILES string of the molecule is O=[N+]([O-])O.O=[N+]([O-])O.O=[N+]([O-])O.OCCCCO. The fourth-order valence-corrected chi connectivity index (χ4v) is 0.224. The van der Waals surface area contributed by atoms with E-state index in [0.29, 0.717) is 0 Å². The van der Waals surface area contributed by atoms with Gasteiger partial charge >= 0.3 is 0 Å². The second-order valence-electron chi connectivity index (χ2n) is 1.87. The first-order valence-electron chi connectivity index (χ1n) is 3.83. The van der Waals surface area contributed by atoms with Crippen LogP contribution in [0, 0.1) is 30.3 Å². The Bertz CT molecular complexity index is 164. The molecule has 0 radical (unpaired) electrons. The van der Waals surface area contributed by atoms with Crippen LogP contribution in [0.2, 0.25) is 0 Å². The van der Waals surface area contributed by atoms with Gasteiger partial charge in [0.1, 0.15) is 0 Å². The van der Waals surface area contributed by atoms with E-state index in [9.17, 15) is 0 Å². The Morgan fingerprint density at radius 2 is 0.778 bits per heavy atom. The van der Waals surface area contributed by atoms with E-state index in [1.165, 1.54) is 0 Å². The minimum Gasteiger partial charge on any atom is -0.396 e. The van der Waals surface area contributed by atoms with Gasteiger partial charge in [-0.2, -0.15) is 0 Å². The van der Waals surface area contributed by atoms with Crippen LogP contribution in [0.3, 0.4) is 0 Å². The van der Waals surface area contributed by atoms with E-state index in [4.69, 9.17) is 56.2 Å². The van der Waals surface area contributed by atoms with Crippen LogP contribution in [0.25, 0.3) is 0 Å². The Hall–Kier alpha value is -2.48. The third-order valence-electron chi connectivity index (χ3n) is 0.566. The highest BCUT2D eigenvalue weighted by molar-refractivity contribution is 4.30. The molecule has 0 rings (SSSR count). The first-order valence-corrected chi connectivity index (χ1v) is 3.83. The molecular formula is C4H13N3O11. The number of hydrogen-bond acceptors (Lipinski definition) is 8. The largest absolute Gasteiger partial charge is 0.396 e. The van der Waals surface area contributed by atoms with E-state index in [1.807, 2.05) is 0 Å². The van der Waals surface area contributed by atoms with E-state index in [0.717, 1.165) is 12.8 Å². The van der Waals surface area contributed by atoms with Crippen LogP contribution in [0.5, 0.6) is 0 Å². The van der Waals surface area contributed by atoms with Crippen molar-refractivity contribution in [3.63, 3.8) is 0 Å². The highest BCUT2D eigenvalue weighted by atomic mass is 16.9. The van der Waals surface area contributed by atoms with Gasteiger partial charge in [-0.05, 0) is 12.8 Å². The normalized spacial score (nSPS) is 7.00. The lowest BCUT2D eigenvalue weighted by atomic mass is 10.3. The predicted molar refractivity (Wildman–Crippen MR) is 49.7 cm³/mol. The van der Waals surface area contributed by atoms with Gasteiger partial charge in [0.25, 0.3) is 15.3 Å². The zero-order valence-corrected chi connectivity index (χ0v) is 8.86. The summed E-state index contributed by atoms with van der Waals surface area (Å²) in [5, 5.41) is 57.1. The molecule has 0 aliphatic rings. The van der Waals surface area contributed by atoms with Crippen molar-refractivity contribution in [1.82, 2.24) is 0 Å². The van der Waals surface area contributed by atoms with Gasteiger partial charge in [0.15, 0.2) is 0 Å². The number of aliphatic hydroxyl groups excluding tert-OH is 2. The van der Waals surface area contributed by atoms with E-state index < -0.39 is 15.3 Å². The lowest BCUT2D eigenvalue weighted by Crippen LogP contribution is -1.85. The van der Waals surface area contributed by atoms with Crippen LogP contribution in [-0.4, -0.2) is 54.3 Å². The molecule has 14 heteroatoms. The zero-order chi connectivity index (χ0) is 15.6. The molecule has 18 heavy (non-hydrogen) atoms. The van der Waals surface area contributed by atoms with Crippen LogP contribution in [-0.2, 0) is 0 Å². The molecule has 110 valence electrons. The molecular weight excluding hydrogens is 266 g/mol. The van der Waals surface area contributed by atoms with Gasteiger partial charge in [-0.1, -0.05) is 0 Å². The van der Waals surface area contributed by atoms with E-state index in [-0.39, 0.29) is 13.2 Å². The molecule has 0 atom stereocenters. The molecule has 0 aromatic carbocycles. The summed E-state index contributed by atoms with van der Waals surface area (Å²) in [5.41, 5.74) is 0. The summed E-state index contributed by atoms with van der Waals surface area (Å²) in [6, 6.07) is 0. The zero-order valence-electron chi connectivity index (χ0n) is 8.86. The monoisotopic (exact) mass is 279 g/mol. The standard InChI is InChI=1S/C4H10O2.3HNO3/c5-3-1-2-4-6;3*2-1(3)4/h5-6H,1-4H2;3*(H,2,3,4). The second kappa shape index (κ2) is 24.0. The summed E-state index contributed by atoms with van der Waals surface area (Å²) in [6.45, 7) is 0.390. The Balaban J connectivity index is -0.0000000742. The topological polar surface area (TPSA) is 231 Å². The molecule has 0 aromatic rings. The summed E-state index contributed by atoms with van der Waals surface area (Å²) in [5.74, 6) is 0. The maximum absolute atomic E-state index is 8.36. The van der Waals surface area contributed by atoms with Gasteiger partial charge in [-0.15, -0.1) is 30.3 Å². The highest BCUT2D eigenvalue weighted by Gasteiger charge is 1.77. The van der Waals surface area contributed by atoms with Gasteiger partial charge in [0.05, 0.1) is 0 Å². The number of nitrogens with zero attached hydrogens (tertiary/aromatic N) is 3. The molecule has 14 nitrogen and oxygen atoms in total. The Labute approximate surface area is 98.6 Å². The van der Waals surface area contributed by atoms with Gasteiger partial charge < -0.3 is 25.8 Å². The average Bonchev–Trinajstić information content (AvgIpc) is 2.11. The van der Waals surface area contributed by atoms with Crippen LogP contribution >= 0.6 is 0 Å². The van der Waals surface area contributed by atoms with E-state index in [2.05, 4.69) is 0 Å². The van der Waals surface area contributed by atoms with Crippen LogP contribution < -0.4 is 0 Å². The van der Waals surface area contributed by atoms with Crippen molar-refractivity contribution in [2.45, 2.75) is 12.8 Å². The number of rotatable bonds is 3. The van der Waals surface area contributed by atoms with E-state index in [1.54, 1.807) is 0 Å². The Kier molecular flexibility index (Phi) is 32.9. The van der Waals surface area contributed by atoms with Gasteiger partial charge in [0.2, 0.25) is 0 Å². The quantitative estimate of drug-likeness (QED) is 0.231. The second-order valence-corrected chi connectivity index (χ2v) is 1.87. The van der Waals surface area contributed by atoms with Gasteiger partial charge in [-0.25, -0.2) is 0 Å². The lowest BCUT2D eigenvalue weighted by Gasteiger charge is -1.85. The molecule has 0 aromatic heterocycles. The first-order chi connectivity index (χ1) is 8.11. The van der Waals surface area contributed by atoms with Crippen molar-refractivity contribution < 1.29 is 41.1 Å². The van der Waals surface area contributed by atoms with Crippen molar-refractivity contribution in [2.24, 2.45) is 0 Å². The number of aliphatic hydroxyl groups is 2. The molecule has 0 amide bonds. The fraction of sp³-hybridized carbons (Fsp3) is 1.00. The van der Waals surface area contributed by atoms with Crippen LogP contribution in [0.15, 0.2) is 0 Å². The maximum Gasteiger partial charge on any atom is 0.291 e. The molecule has 5 N–H and O–H groups in total. The van der Waals surface area contributed by atoms with Crippen molar-refractivity contribution in [3.8, 4) is 0 Å². The number of unbranched alkanes of at least 4 members (excludes halogenated alkanes) is 1. The molecule has 0 saturated carbocycles. The van der Waals surface area contributed by atoms with Crippen LogP contribution in [0.4, 0.5) is 0 Å². The first kappa shape index (κ1) is 24.7. The highest BCUT2D eigenvalue weighted by Crippen LogP contribution is 1.80. The molecule has 0 aliphatic carbocycles. The summed E-state index contributed by atoms with van der Waals surface area (Å²) in [7, 11) is 0. The number of hydrogen-bond donors (Lipinski definition) is 5. The summed E-state index contributed by atoms with van der Waals surface area (Å²) >= 11 is 0. The summed E-state index contributed by atoms with van der Waals surface area (Å²) < 4.78 is 0. The third kappa shape index (κ3) is 7840. The van der Waals surface area contributed by atoms with Crippen molar-refractivity contribution in [1.29, 1.82) is 0 Å². The molecule has 0 fully saturated rings. The fourth-order valence-electron chi connectivity index (χ4n) is 0.224. The minimum atomic E-state index is -1.50. The van der Waals surface area contributed by atoms with Gasteiger partial charge in [0, 0.05) is 13.2 Å². The van der Waals surface area contributed by atoms with Crippen LogP contribution in [0.1, 0.15) is 12.8 Å². The van der Waals surface area contributed by atoms with Crippen molar-refractivity contribution >= 4 is 0 Å². The Morgan fingerprint density at radius 1 is 0.667 bits per heavy atom.